The molecule has 8 heteroatoms. The fourth-order valence-corrected chi connectivity index (χ4v) is 3.50. The second-order valence-corrected chi connectivity index (χ2v) is 6.83. The number of thiophene rings is 1. The van der Waals surface area contributed by atoms with Crippen molar-refractivity contribution in [1.82, 2.24) is 0 Å². The maximum absolute atomic E-state index is 12.2. The molecule has 1 aliphatic heterocycles. The Kier molecular flexibility index (Phi) is 5.45. The maximum atomic E-state index is 12.2. The summed E-state index contributed by atoms with van der Waals surface area (Å²) in [5.41, 5.74) is 0.719. The summed E-state index contributed by atoms with van der Waals surface area (Å²) >= 11 is 7.39. The lowest BCUT2D eigenvalue weighted by atomic mass is 10.1. The number of anilines is 1. The van der Waals surface area contributed by atoms with E-state index >= 15 is 0 Å². The van der Waals surface area contributed by atoms with Gasteiger partial charge < -0.3 is 19.5 Å². The van der Waals surface area contributed by atoms with Crippen molar-refractivity contribution in [2.24, 2.45) is 0 Å². The number of ether oxygens (including phenoxy) is 3. The molecular formula is C17H16ClNO5S. The van der Waals surface area contributed by atoms with Gasteiger partial charge in [0.1, 0.15) is 4.88 Å². The predicted octanol–water partition coefficient (Wildman–Crippen LogP) is 3.53. The minimum absolute atomic E-state index is 0.127. The minimum Gasteiger partial charge on any atom is -0.489 e. The Morgan fingerprint density at radius 1 is 1.28 bits per heavy atom. The van der Waals surface area contributed by atoms with Crippen LogP contribution in [-0.2, 0) is 16.0 Å². The van der Waals surface area contributed by atoms with Gasteiger partial charge in [0, 0.05) is 6.42 Å². The molecule has 0 unspecified atom stereocenters. The van der Waals surface area contributed by atoms with E-state index in [-0.39, 0.29) is 12.3 Å². The van der Waals surface area contributed by atoms with Crippen LogP contribution in [0.1, 0.15) is 21.7 Å². The van der Waals surface area contributed by atoms with Crippen LogP contribution in [-0.4, -0.2) is 32.2 Å². The van der Waals surface area contributed by atoms with Crippen LogP contribution in [0.3, 0.4) is 0 Å². The van der Waals surface area contributed by atoms with Crippen LogP contribution in [0.15, 0.2) is 24.3 Å². The average Bonchev–Trinajstić information content (AvgIpc) is 2.90. The van der Waals surface area contributed by atoms with Gasteiger partial charge in [-0.2, -0.15) is 0 Å². The summed E-state index contributed by atoms with van der Waals surface area (Å²) in [6.45, 7) is 1.10. The molecule has 25 heavy (non-hydrogen) atoms. The van der Waals surface area contributed by atoms with E-state index in [1.807, 2.05) is 0 Å². The zero-order chi connectivity index (χ0) is 17.8. The second-order valence-electron chi connectivity index (χ2n) is 5.34. The molecule has 2 aromatic rings. The highest BCUT2D eigenvalue weighted by molar-refractivity contribution is 7.18. The third kappa shape index (κ3) is 4.24. The molecule has 0 bridgehead atoms. The summed E-state index contributed by atoms with van der Waals surface area (Å²) in [4.78, 5) is 24.1. The SMILES string of the molecule is COC(=O)c1ccc(NC(=O)Cc2cc(Cl)c3c(c2)OCCCO3)s1. The summed E-state index contributed by atoms with van der Waals surface area (Å²) in [5.74, 6) is 0.421. The van der Waals surface area contributed by atoms with Crippen molar-refractivity contribution in [3.63, 3.8) is 0 Å². The molecule has 1 amide bonds. The standard InChI is InChI=1S/C17H16ClNO5S/c1-22-17(21)13-3-4-15(25-13)19-14(20)9-10-7-11(18)16-12(8-10)23-5-2-6-24-16/h3-4,7-8H,2,5-6,9H2,1H3,(H,19,20). The number of hydrogen-bond donors (Lipinski definition) is 1. The van der Waals surface area contributed by atoms with Crippen molar-refractivity contribution in [3.05, 3.63) is 39.7 Å². The molecule has 3 rings (SSSR count). The molecule has 0 atom stereocenters. The highest BCUT2D eigenvalue weighted by Crippen LogP contribution is 2.38. The number of nitrogens with one attached hydrogen (secondary N) is 1. The highest BCUT2D eigenvalue weighted by atomic mass is 35.5. The second kappa shape index (κ2) is 7.76. The van der Waals surface area contributed by atoms with Gasteiger partial charge in [-0.25, -0.2) is 4.79 Å². The highest BCUT2D eigenvalue weighted by Gasteiger charge is 2.17. The largest absolute Gasteiger partial charge is 0.489 e. The van der Waals surface area contributed by atoms with Crippen LogP contribution < -0.4 is 14.8 Å². The van der Waals surface area contributed by atoms with E-state index in [0.717, 1.165) is 23.3 Å². The number of fused-ring (bicyclic) bond motifs is 1. The summed E-state index contributed by atoms with van der Waals surface area (Å²) < 4.78 is 15.8. The van der Waals surface area contributed by atoms with Gasteiger partial charge in [0.15, 0.2) is 11.5 Å². The van der Waals surface area contributed by atoms with Crippen LogP contribution in [0.2, 0.25) is 5.02 Å². The molecule has 0 fully saturated rings. The fourth-order valence-electron chi connectivity index (χ4n) is 2.37. The Bertz CT molecular complexity index is 804. The molecule has 1 N–H and O–H groups in total. The lowest BCUT2D eigenvalue weighted by molar-refractivity contribution is -0.115. The van der Waals surface area contributed by atoms with Gasteiger partial charge in [-0.15, -0.1) is 11.3 Å². The van der Waals surface area contributed by atoms with Gasteiger partial charge in [0.25, 0.3) is 0 Å². The Labute approximate surface area is 153 Å². The number of methoxy groups -OCH3 is 1. The van der Waals surface area contributed by atoms with Gasteiger partial charge in [0.05, 0.1) is 36.8 Å². The Balaban J connectivity index is 1.69. The first-order chi connectivity index (χ1) is 12.1. The van der Waals surface area contributed by atoms with Crippen LogP contribution in [0.4, 0.5) is 5.00 Å². The molecule has 0 saturated heterocycles. The summed E-state index contributed by atoms with van der Waals surface area (Å²) in [6.07, 6.45) is 0.906. The van der Waals surface area contributed by atoms with Gasteiger partial charge in [-0.1, -0.05) is 11.6 Å². The molecule has 6 nitrogen and oxygen atoms in total. The average molecular weight is 382 g/mol. The lowest BCUT2D eigenvalue weighted by Gasteiger charge is -2.11. The molecule has 1 aliphatic rings. The summed E-state index contributed by atoms with van der Waals surface area (Å²) in [5, 5.41) is 3.76. The third-order valence-corrected chi connectivity index (χ3v) is 4.74. The first kappa shape index (κ1) is 17.6. The van der Waals surface area contributed by atoms with Crippen LogP contribution in [0.5, 0.6) is 11.5 Å². The number of amides is 1. The number of hydrogen-bond acceptors (Lipinski definition) is 6. The number of carbonyl (C=O) groups is 2. The van der Waals surface area contributed by atoms with E-state index in [1.54, 1.807) is 24.3 Å². The van der Waals surface area contributed by atoms with Crippen molar-refractivity contribution < 1.29 is 23.8 Å². The molecule has 0 spiro atoms. The van der Waals surface area contributed by atoms with E-state index in [4.69, 9.17) is 21.1 Å². The summed E-state index contributed by atoms with van der Waals surface area (Å²) in [6, 6.07) is 6.73. The van der Waals surface area contributed by atoms with Crippen molar-refractivity contribution in [2.75, 3.05) is 25.6 Å². The van der Waals surface area contributed by atoms with Gasteiger partial charge in [0.2, 0.25) is 5.91 Å². The van der Waals surface area contributed by atoms with E-state index in [1.165, 1.54) is 7.11 Å². The molecule has 132 valence electrons. The van der Waals surface area contributed by atoms with Gasteiger partial charge in [-0.3, -0.25) is 4.79 Å². The maximum Gasteiger partial charge on any atom is 0.348 e. The van der Waals surface area contributed by atoms with Crippen LogP contribution >= 0.6 is 22.9 Å². The number of benzene rings is 1. The predicted molar refractivity (Wildman–Crippen MR) is 95.1 cm³/mol. The molecule has 0 aliphatic carbocycles. The zero-order valence-corrected chi connectivity index (χ0v) is 15.0. The van der Waals surface area contributed by atoms with Crippen molar-refractivity contribution in [3.8, 4) is 11.5 Å². The molecule has 1 aromatic heterocycles. The van der Waals surface area contributed by atoms with E-state index in [2.05, 4.69) is 10.1 Å². The quantitative estimate of drug-likeness (QED) is 0.820. The molecule has 0 saturated carbocycles. The number of halogens is 1. The molecule has 2 heterocycles. The van der Waals surface area contributed by atoms with E-state index in [9.17, 15) is 9.59 Å². The van der Waals surface area contributed by atoms with Crippen molar-refractivity contribution >= 4 is 39.8 Å². The molecular weight excluding hydrogens is 366 g/mol. The van der Waals surface area contributed by atoms with Crippen molar-refractivity contribution in [1.29, 1.82) is 0 Å². The summed E-state index contributed by atoms with van der Waals surface area (Å²) in [7, 11) is 1.31. The molecule has 0 radical (unpaired) electrons. The van der Waals surface area contributed by atoms with Crippen LogP contribution in [0.25, 0.3) is 0 Å². The smallest absolute Gasteiger partial charge is 0.348 e. The first-order valence-electron chi connectivity index (χ1n) is 7.63. The Morgan fingerprint density at radius 2 is 2.08 bits per heavy atom. The van der Waals surface area contributed by atoms with Gasteiger partial charge in [-0.05, 0) is 29.8 Å². The topological polar surface area (TPSA) is 73.9 Å². The Hall–Kier alpha value is -2.25. The zero-order valence-electron chi connectivity index (χ0n) is 13.5. The normalized spacial score (nSPS) is 13.0. The number of esters is 1. The monoisotopic (exact) mass is 381 g/mol. The van der Waals surface area contributed by atoms with E-state index in [0.29, 0.717) is 39.6 Å². The van der Waals surface area contributed by atoms with Crippen LogP contribution in [0, 0.1) is 0 Å². The number of carbonyl (C=O) groups excluding carboxylic acids is 2. The first-order valence-corrected chi connectivity index (χ1v) is 8.82. The fraction of sp³-hybridized carbons (Fsp3) is 0.294. The molecule has 1 aromatic carbocycles. The third-order valence-electron chi connectivity index (χ3n) is 3.48. The van der Waals surface area contributed by atoms with Gasteiger partial charge >= 0.3 is 5.97 Å². The van der Waals surface area contributed by atoms with E-state index < -0.39 is 5.97 Å². The lowest BCUT2D eigenvalue weighted by Crippen LogP contribution is -2.13. The van der Waals surface area contributed by atoms with Crippen molar-refractivity contribution in [2.45, 2.75) is 12.8 Å². The minimum atomic E-state index is -0.430. The number of rotatable bonds is 4. The Morgan fingerprint density at radius 3 is 2.88 bits per heavy atom.